The van der Waals surface area contributed by atoms with Gasteiger partial charge in [0, 0.05) is 11.6 Å². The number of nitrogens with one attached hydrogen (secondary N) is 2. The highest BCUT2D eigenvalue weighted by molar-refractivity contribution is 7.80. The predicted molar refractivity (Wildman–Crippen MR) is 63.4 cm³/mol. The van der Waals surface area contributed by atoms with E-state index in [1.54, 1.807) is 0 Å². The highest BCUT2D eigenvalue weighted by Gasteiger charge is 2.41. The standard InChI is InChI=1S/C11H20N2S/c1-2-11(7-8-11)13-10(14)12-9-5-3-4-6-9/h9H,2-8H2,1H3,(H2,12,13,14). The maximum atomic E-state index is 5.32. The molecule has 0 unspecified atom stereocenters. The van der Waals surface area contributed by atoms with Crippen LogP contribution >= 0.6 is 12.2 Å². The maximum Gasteiger partial charge on any atom is 0.166 e. The van der Waals surface area contributed by atoms with Gasteiger partial charge in [0.15, 0.2) is 5.11 Å². The number of hydrogen-bond donors (Lipinski definition) is 2. The van der Waals surface area contributed by atoms with E-state index >= 15 is 0 Å². The van der Waals surface area contributed by atoms with Gasteiger partial charge in [0.25, 0.3) is 0 Å². The van der Waals surface area contributed by atoms with Gasteiger partial charge in [-0.05, 0) is 44.3 Å². The van der Waals surface area contributed by atoms with Crippen LogP contribution in [0.4, 0.5) is 0 Å². The normalized spacial score (nSPS) is 24.6. The second-order valence-electron chi connectivity index (χ2n) is 4.71. The van der Waals surface area contributed by atoms with Crippen molar-refractivity contribution in [1.29, 1.82) is 0 Å². The lowest BCUT2D eigenvalue weighted by Crippen LogP contribution is -2.46. The summed E-state index contributed by atoms with van der Waals surface area (Å²) < 4.78 is 0. The van der Waals surface area contributed by atoms with Crippen LogP contribution in [0.2, 0.25) is 0 Å². The summed E-state index contributed by atoms with van der Waals surface area (Å²) in [6, 6.07) is 0.641. The molecule has 2 fully saturated rings. The Kier molecular flexibility index (Phi) is 2.96. The summed E-state index contributed by atoms with van der Waals surface area (Å²) in [6.07, 6.45) is 9.08. The molecule has 2 rings (SSSR count). The first kappa shape index (κ1) is 10.2. The average molecular weight is 212 g/mol. The minimum Gasteiger partial charge on any atom is -0.360 e. The van der Waals surface area contributed by atoms with Crippen molar-refractivity contribution >= 4 is 17.3 Å². The molecule has 0 aromatic heterocycles. The third kappa shape index (κ3) is 2.38. The fraction of sp³-hybridized carbons (Fsp3) is 0.909. The van der Waals surface area contributed by atoms with E-state index < -0.39 is 0 Å². The fourth-order valence-electron chi connectivity index (χ4n) is 2.25. The highest BCUT2D eigenvalue weighted by atomic mass is 32.1. The third-order valence-corrected chi connectivity index (χ3v) is 3.82. The Labute approximate surface area is 91.8 Å². The van der Waals surface area contributed by atoms with Gasteiger partial charge < -0.3 is 10.6 Å². The van der Waals surface area contributed by atoms with Crippen LogP contribution in [0.3, 0.4) is 0 Å². The van der Waals surface area contributed by atoms with Crippen molar-refractivity contribution in [3.05, 3.63) is 0 Å². The van der Waals surface area contributed by atoms with E-state index in [-0.39, 0.29) is 0 Å². The summed E-state index contributed by atoms with van der Waals surface area (Å²) >= 11 is 5.32. The van der Waals surface area contributed by atoms with Crippen LogP contribution in [-0.4, -0.2) is 16.7 Å². The Morgan fingerprint density at radius 2 is 2.00 bits per heavy atom. The molecule has 14 heavy (non-hydrogen) atoms. The van der Waals surface area contributed by atoms with Crippen molar-refractivity contribution < 1.29 is 0 Å². The zero-order valence-electron chi connectivity index (χ0n) is 8.94. The van der Waals surface area contributed by atoms with Gasteiger partial charge in [0.05, 0.1) is 0 Å². The zero-order valence-corrected chi connectivity index (χ0v) is 9.75. The second-order valence-corrected chi connectivity index (χ2v) is 5.12. The van der Waals surface area contributed by atoms with Crippen molar-refractivity contribution in [2.75, 3.05) is 0 Å². The first-order valence-electron chi connectivity index (χ1n) is 5.83. The van der Waals surface area contributed by atoms with Crippen LogP contribution in [0, 0.1) is 0 Å². The molecule has 0 aliphatic heterocycles. The minimum absolute atomic E-state index is 0.364. The van der Waals surface area contributed by atoms with Crippen LogP contribution < -0.4 is 10.6 Å². The summed E-state index contributed by atoms with van der Waals surface area (Å²) in [6.45, 7) is 2.23. The summed E-state index contributed by atoms with van der Waals surface area (Å²) in [5.74, 6) is 0. The number of thiocarbonyl (C=S) groups is 1. The largest absolute Gasteiger partial charge is 0.360 e. The Morgan fingerprint density at radius 3 is 2.50 bits per heavy atom. The van der Waals surface area contributed by atoms with Crippen LogP contribution in [0.5, 0.6) is 0 Å². The second kappa shape index (κ2) is 4.05. The van der Waals surface area contributed by atoms with Gasteiger partial charge in [-0.2, -0.15) is 0 Å². The minimum atomic E-state index is 0.364. The molecule has 0 aromatic rings. The van der Waals surface area contributed by atoms with Crippen molar-refractivity contribution in [1.82, 2.24) is 10.6 Å². The zero-order chi connectivity index (χ0) is 10.0. The van der Waals surface area contributed by atoms with E-state index in [1.165, 1.54) is 44.9 Å². The van der Waals surface area contributed by atoms with Crippen LogP contribution in [0.15, 0.2) is 0 Å². The van der Waals surface area contributed by atoms with E-state index in [1.807, 2.05) is 0 Å². The Bertz CT molecular complexity index is 217. The molecule has 80 valence electrons. The lowest BCUT2D eigenvalue weighted by Gasteiger charge is -2.21. The molecule has 0 amide bonds. The average Bonchev–Trinajstić information content (AvgIpc) is 2.74. The molecule has 0 heterocycles. The monoisotopic (exact) mass is 212 g/mol. The summed E-state index contributed by atoms with van der Waals surface area (Å²) in [7, 11) is 0. The van der Waals surface area contributed by atoms with E-state index in [4.69, 9.17) is 12.2 Å². The fourth-order valence-corrected chi connectivity index (χ4v) is 2.63. The maximum absolute atomic E-state index is 5.32. The lowest BCUT2D eigenvalue weighted by molar-refractivity contribution is 0.552. The van der Waals surface area contributed by atoms with Gasteiger partial charge in [-0.1, -0.05) is 19.8 Å². The van der Waals surface area contributed by atoms with E-state index in [0.29, 0.717) is 11.6 Å². The van der Waals surface area contributed by atoms with Crippen molar-refractivity contribution in [3.8, 4) is 0 Å². The molecule has 0 radical (unpaired) electrons. The molecule has 2 nitrogen and oxygen atoms in total. The van der Waals surface area contributed by atoms with Crippen molar-refractivity contribution in [2.24, 2.45) is 0 Å². The SMILES string of the molecule is CCC1(NC(=S)NC2CCCC2)CC1. The molecule has 0 atom stereocenters. The Morgan fingerprint density at radius 1 is 1.36 bits per heavy atom. The third-order valence-electron chi connectivity index (χ3n) is 3.60. The van der Waals surface area contributed by atoms with Crippen molar-refractivity contribution in [2.45, 2.75) is 63.5 Å². The van der Waals surface area contributed by atoms with E-state index in [2.05, 4.69) is 17.6 Å². The molecule has 0 spiro atoms. The highest BCUT2D eigenvalue weighted by Crippen LogP contribution is 2.38. The molecule has 0 bridgehead atoms. The van der Waals surface area contributed by atoms with Crippen LogP contribution in [-0.2, 0) is 0 Å². The van der Waals surface area contributed by atoms with Crippen LogP contribution in [0.1, 0.15) is 51.9 Å². The molecular weight excluding hydrogens is 192 g/mol. The van der Waals surface area contributed by atoms with Gasteiger partial charge >= 0.3 is 0 Å². The molecular formula is C11H20N2S. The van der Waals surface area contributed by atoms with Gasteiger partial charge in [0.2, 0.25) is 0 Å². The molecule has 2 saturated carbocycles. The molecule has 2 N–H and O–H groups in total. The summed E-state index contributed by atoms with van der Waals surface area (Å²) in [4.78, 5) is 0. The quantitative estimate of drug-likeness (QED) is 0.702. The Balaban J connectivity index is 1.73. The van der Waals surface area contributed by atoms with E-state index in [9.17, 15) is 0 Å². The van der Waals surface area contributed by atoms with Gasteiger partial charge in [-0.25, -0.2) is 0 Å². The topological polar surface area (TPSA) is 24.1 Å². The van der Waals surface area contributed by atoms with E-state index in [0.717, 1.165) is 5.11 Å². The molecule has 2 aliphatic carbocycles. The molecule has 3 heteroatoms. The summed E-state index contributed by atoms with van der Waals surface area (Å²) in [5.41, 5.74) is 0.364. The van der Waals surface area contributed by atoms with Crippen LogP contribution in [0.25, 0.3) is 0 Å². The first-order valence-corrected chi connectivity index (χ1v) is 6.24. The summed E-state index contributed by atoms with van der Waals surface area (Å²) in [5, 5.41) is 7.78. The smallest absolute Gasteiger partial charge is 0.166 e. The molecule has 0 aromatic carbocycles. The lowest BCUT2D eigenvalue weighted by atomic mass is 10.2. The van der Waals surface area contributed by atoms with Crippen molar-refractivity contribution in [3.63, 3.8) is 0 Å². The van der Waals surface area contributed by atoms with Gasteiger partial charge in [-0.15, -0.1) is 0 Å². The molecule has 0 saturated heterocycles. The number of hydrogen-bond acceptors (Lipinski definition) is 1. The number of rotatable bonds is 3. The Hall–Kier alpha value is -0.310. The predicted octanol–water partition coefficient (Wildman–Crippen LogP) is 2.34. The molecule has 2 aliphatic rings. The first-order chi connectivity index (χ1) is 6.74. The van der Waals surface area contributed by atoms with Gasteiger partial charge in [-0.3, -0.25) is 0 Å². The van der Waals surface area contributed by atoms with Gasteiger partial charge in [0.1, 0.15) is 0 Å².